The quantitative estimate of drug-likeness (QED) is 0.249. The van der Waals surface area contributed by atoms with Gasteiger partial charge in [0.15, 0.2) is 0 Å². The van der Waals surface area contributed by atoms with Crippen LogP contribution in [0.15, 0.2) is 67.0 Å². The van der Waals surface area contributed by atoms with E-state index in [4.69, 9.17) is 10.0 Å². The summed E-state index contributed by atoms with van der Waals surface area (Å²) in [7, 11) is -1.44. The monoisotopic (exact) mass is 434 g/mol. The summed E-state index contributed by atoms with van der Waals surface area (Å²) in [4.78, 5) is 22.9. The van der Waals surface area contributed by atoms with Crippen molar-refractivity contribution < 1.29 is 19.8 Å². The molecule has 4 N–H and O–H groups in total. The first kappa shape index (κ1) is 30.4. The zero-order valence-corrected chi connectivity index (χ0v) is 18.5. The van der Waals surface area contributed by atoms with Gasteiger partial charge in [0.2, 0.25) is 12.5 Å². The summed E-state index contributed by atoms with van der Waals surface area (Å²) in [6, 6.07) is 17.4. The molecule has 1 atom stereocenters. The van der Waals surface area contributed by atoms with E-state index >= 15 is 0 Å². The SMILES string of the molecule is CC(C)C.O=CNCB(O)O.O=[N+]([O-])C1CCNC1.c1ccccc1.c1ccncc1. The van der Waals surface area contributed by atoms with Gasteiger partial charge < -0.3 is 20.7 Å². The van der Waals surface area contributed by atoms with Gasteiger partial charge in [0.1, 0.15) is 0 Å². The van der Waals surface area contributed by atoms with E-state index in [-0.39, 0.29) is 17.4 Å². The Hall–Kier alpha value is -2.82. The van der Waals surface area contributed by atoms with Crippen molar-refractivity contribution in [3.63, 3.8) is 0 Å². The molecule has 1 amide bonds. The average Bonchev–Trinajstić information content (AvgIpc) is 3.31. The Morgan fingerprint density at radius 3 is 1.71 bits per heavy atom. The summed E-state index contributed by atoms with van der Waals surface area (Å²) in [6.07, 6.45) is 4.48. The summed E-state index contributed by atoms with van der Waals surface area (Å²) in [6.45, 7) is 7.85. The number of pyridine rings is 1. The van der Waals surface area contributed by atoms with E-state index in [1.165, 1.54) is 0 Å². The van der Waals surface area contributed by atoms with Crippen LogP contribution in [0.1, 0.15) is 27.2 Å². The Kier molecular flexibility index (Phi) is 23.0. The van der Waals surface area contributed by atoms with Crippen LogP contribution in [0.4, 0.5) is 0 Å². The van der Waals surface area contributed by atoms with Crippen molar-refractivity contribution in [1.29, 1.82) is 0 Å². The van der Waals surface area contributed by atoms with Crippen LogP contribution in [0.5, 0.6) is 0 Å². The minimum atomic E-state index is -1.44. The Labute approximate surface area is 185 Å². The molecular formula is C21H35BN4O5. The maximum atomic E-state index is 9.97. The number of carbonyl (C=O) groups is 1. The maximum absolute atomic E-state index is 9.97. The Morgan fingerprint density at radius 2 is 1.55 bits per heavy atom. The number of benzene rings is 1. The number of rotatable bonds is 4. The number of amides is 1. The fourth-order valence-electron chi connectivity index (χ4n) is 1.67. The van der Waals surface area contributed by atoms with Crippen LogP contribution in [-0.2, 0) is 4.79 Å². The second kappa shape index (κ2) is 23.5. The number of nitro groups is 1. The van der Waals surface area contributed by atoms with Crippen LogP contribution in [0, 0.1) is 16.0 Å². The van der Waals surface area contributed by atoms with Gasteiger partial charge in [-0.3, -0.25) is 19.9 Å². The molecule has 1 saturated heterocycles. The topological polar surface area (TPSA) is 138 Å². The molecule has 0 saturated carbocycles. The molecular weight excluding hydrogens is 399 g/mol. The first-order chi connectivity index (χ1) is 14.8. The van der Waals surface area contributed by atoms with Crippen molar-refractivity contribution in [1.82, 2.24) is 15.6 Å². The summed E-state index contributed by atoms with van der Waals surface area (Å²) in [5.41, 5.74) is 0. The number of hydrogen-bond donors (Lipinski definition) is 4. The molecule has 1 unspecified atom stereocenters. The molecule has 1 aromatic heterocycles. The predicted molar refractivity (Wildman–Crippen MR) is 124 cm³/mol. The Morgan fingerprint density at radius 1 is 1.10 bits per heavy atom. The Balaban J connectivity index is 0. The number of hydrogen-bond acceptors (Lipinski definition) is 7. The number of carbonyl (C=O) groups excluding carboxylic acids is 1. The lowest BCUT2D eigenvalue weighted by molar-refractivity contribution is -0.517. The third kappa shape index (κ3) is 29.5. The predicted octanol–water partition coefficient (Wildman–Crippen LogP) is 1.80. The molecule has 0 radical (unpaired) electrons. The van der Waals surface area contributed by atoms with Gasteiger partial charge in [-0.25, -0.2) is 0 Å². The zero-order chi connectivity index (χ0) is 23.7. The van der Waals surface area contributed by atoms with E-state index in [1.54, 1.807) is 12.4 Å². The molecule has 1 fully saturated rings. The molecule has 0 bridgehead atoms. The highest BCUT2D eigenvalue weighted by Gasteiger charge is 2.23. The lowest BCUT2D eigenvalue weighted by atomic mass is 9.93. The van der Waals surface area contributed by atoms with Gasteiger partial charge >= 0.3 is 7.12 Å². The maximum Gasteiger partial charge on any atom is 0.472 e. The molecule has 3 rings (SSSR count). The molecule has 0 spiro atoms. The van der Waals surface area contributed by atoms with Gasteiger partial charge in [0.25, 0.3) is 0 Å². The first-order valence-corrected chi connectivity index (χ1v) is 10.0. The number of nitrogens with zero attached hydrogens (tertiary/aromatic N) is 2. The highest BCUT2D eigenvalue weighted by molar-refractivity contribution is 6.41. The first-order valence-electron chi connectivity index (χ1n) is 10.0. The molecule has 2 aromatic rings. The molecule has 2 heterocycles. The van der Waals surface area contributed by atoms with E-state index < -0.39 is 7.12 Å². The van der Waals surface area contributed by atoms with Crippen molar-refractivity contribution in [2.45, 2.75) is 33.2 Å². The molecule has 10 heteroatoms. The van der Waals surface area contributed by atoms with Crippen molar-refractivity contribution in [3.8, 4) is 0 Å². The van der Waals surface area contributed by atoms with E-state index in [9.17, 15) is 14.9 Å². The van der Waals surface area contributed by atoms with E-state index in [0.717, 1.165) is 12.5 Å². The molecule has 172 valence electrons. The fourth-order valence-corrected chi connectivity index (χ4v) is 1.67. The van der Waals surface area contributed by atoms with Gasteiger partial charge in [-0.15, -0.1) is 0 Å². The molecule has 31 heavy (non-hydrogen) atoms. The van der Waals surface area contributed by atoms with E-state index in [2.05, 4.69) is 36.4 Å². The fraction of sp³-hybridized carbons (Fsp3) is 0.429. The van der Waals surface area contributed by atoms with Crippen LogP contribution in [0.3, 0.4) is 0 Å². The van der Waals surface area contributed by atoms with Crippen LogP contribution < -0.4 is 10.6 Å². The second-order valence-electron chi connectivity index (χ2n) is 6.85. The number of aromatic nitrogens is 1. The highest BCUT2D eigenvalue weighted by atomic mass is 16.6. The summed E-state index contributed by atoms with van der Waals surface area (Å²) < 4.78 is 0. The van der Waals surface area contributed by atoms with Gasteiger partial charge in [0, 0.05) is 30.3 Å². The molecule has 9 nitrogen and oxygen atoms in total. The minimum absolute atomic E-state index is 0.108. The molecule has 1 aromatic carbocycles. The summed E-state index contributed by atoms with van der Waals surface area (Å²) in [5, 5.41) is 31.0. The van der Waals surface area contributed by atoms with Crippen LogP contribution in [-0.4, -0.2) is 59.1 Å². The second-order valence-corrected chi connectivity index (χ2v) is 6.85. The lowest BCUT2D eigenvalue weighted by Gasteiger charge is -1.94. The van der Waals surface area contributed by atoms with E-state index in [0.29, 0.717) is 19.4 Å². The third-order valence-corrected chi connectivity index (χ3v) is 2.95. The smallest absolute Gasteiger partial charge is 0.426 e. The van der Waals surface area contributed by atoms with Gasteiger partial charge in [-0.1, -0.05) is 63.2 Å². The normalized spacial score (nSPS) is 13.3. The van der Waals surface area contributed by atoms with E-state index in [1.807, 2.05) is 54.6 Å². The standard InChI is InChI=1S/C6H6.C5H5N.C4H8N2O2.C4H10.C2H6BNO3/c2*1-2-4-6-5-3-1;7-6(8)4-1-2-5-3-4;1-4(2)3;5-2-4-1-3(6)7/h1-6H;1-5H;4-5H,1-3H2;4H,1-3H3;2,6-7H,1H2,(H,4,5). The average molecular weight is 434 g/mol. The zero-order valence-electron chi connectivity index (χ0n) is 18.5. The summed E-state index contributed by atoms with van der Waals surface area (Å²) >= 11 is 0. The lowest BCUT2D eigenvalue weighted by Crippen LogP contribution is -2.29. The summed E-state index contributed by atoms with van der Waals surface area (Å²) in [5.74, 6) is 0.833. The molecule has 1 aliphatic rings. The molecule has 1 aliphatic heterocycles. The molecule has 0 aliphatic carbocycles. The number of nitrogens with one attached hydrogen (secondary N) is 2. The van der Waals surface area contributed by atoms with Gasteiger partial charge in [0.05, 0.1) is 13.0 Å². The van der Waals surface area contributed by atoms with Crippen molar-refractivity contribution in [3.05, 3.63) is 77.1 Å². The van der Waals surface area contributed by atoms with Crippen molar-refractivity contribution in [2.24, 2.45) is 5.92 Å². The minimum Gasteiger partial charge on any atom is -0.426 e. The van der Waals surface area contributed by atoms with Crippen LogP contribution >= 0.6 is 0 Å². The third-order valence-electron chi connectivity index (χ3n) is 2.95. The largest absolute Gasteiger partial charge is 0.472 e. The van der Waals surface area contributed by atoms with Crippen molar-refractivity contribution in [2.75, 3.05) is 19.5 Å². The van der Waals surface area contributed by atoms with Crippen LogP contribution in [0.2, 0.25) is 0 Å². The van der Waals surface area contributed by atoms with Crippen molar-refractivity contribution >= 4 is 13.5 Å². The van der Waals surface area contributed by atoms with Gasteiger partial charge in [-0.2, -0.15) is 0 Å². The van der Waals surface area contributed by atoms with Crippen LogP contribution in [0.25, 0.3) is 0 Å². The Bertz CT molecular complexity index is 528. The highest BCUT2D eigenvalue weighted by Crippen LogP contribution is 1.99. The van der Waals surface area contributed by atoms with Gasteiger partial charge in [-0.05, 0) is 18.1 Å².